The number of aliphatic hydroxyl groups excluding tert-OH is 1. The first-order chi connectivity index (χ1) is 16.2. The highest BCUT2D eigenvalue weighted by molar-refractivity contribution is 7.18. The summed E-state index contributed by atoms with van der Waals surface area (Å²) in [6.07, 6.45) is 6.08. The molecule has 0 amide bonds. The molecule has 5 nitrogen and oxygen atoms in total. The van der Waals surface area contributed by atoms with Crippen LogP contribution >= 0.6 is 11.3 Å². The smallest absolute Gasteiger partial charge is 0.223 e. The SMILES string of the molecule is CCc1ccc2nc(Cc3cc(Cc4ccccc4)nc(N[C@@H]4CCCC[C@H]4O)n3)sc2c1. The van der Waals surface area contributed by atoms with Crippen LogP contribution in [0, 0.1) is 0 Å². The van der Waals surface area contributed by atoms with E-state index < -0.39 is 0 Å². The van der Waals surface area contributed by atoms with Gasteiger partial charge in [0.25, 0.3) is 0 Å². The van der Waals surface area contributed by atoms with E-state index >= 15 is 0 Å². The monoisotopic (exact) mass is 458 g/mol. The maximum absolute atomic E-state index is 10.4. The van der Waals surface area contributed by atoms with Crippen molar-refractivity contribution < 1.29 is 5.11 Å². The predicted octanol–water partition coefficient (Wildman–Crippen LogP) is 5.55. The number of thiazole rings is 1. The van der Waals surface area contributed by atoms with Crippen molar-refractivity contribution in [3.05, 3.63) is 82.1 Å². The Morgan fingerprint density at radius 1 is 0.909 bits per heavy atom. The molecule has 2 atom stereocenters. The molecule has 4 aromatic rings. The minimum Gasteiger partial charge on any atom is -0.391 e. The molecule has 0 saturated heterocycles. The lowest BCUT2D eigenvalue weighted by molar-refractivity contribution is 0.116. The molecule has 33 heavy (non-hydrogen) atoms. The molecule has 1 saturated carbocycles. The Kier molecular flexibility index (Phi) is 6.65. The summed E-state index contributed by atoms with van der Waals surface area (Å²) in [7, 11) is 0. The molecular weight excluding hydrogens is 428 g/mol. The third-order valence-corrected chi connectivity index (χ3v) is 7.36. The van der Waals surface area contributed by atoms with Gasteiger partial charge >= 0.3 is 0 Å². The number of benzene rings is 2. The van der Waals surface area contributed by atoms with Gasteiger partial charge in [-0.25, -0.2) is 15.0 Å². The standard InChI is InChI=1S/C27H30N4OS/c1-2-18-12-13-23-25(15-18)33-26(30-23)17-21-16-20(14-19-8-4-3-5-9-19)28-27(29-21)31-22-10-6-7-11-24(22)32/h3-5,8-9,12-13,15-16,22,24,32H,2,6-7,10-11,14,17H2,1H3,(H,28,29,31)/t22-,24-/m1/s1. The van der Waals surface area contributed by atoms with Crippen LogP contribution in [-0.2, 0) is 19.3 Å². The maximum Gasteiger partial charge on any atom is 0.223 e. The van der Waals surface area contributed by atoms with Gasteiger partial charge in [0.2, 0.25) is 5.95 Å². The fraction of sp³-hybridized carbons (Fsp3) is 0.370. The zero-order chi connectivity index (χ0) is 22.6. The number of nitrogens with zero attached hydrogens (tertiary/aromatic N) is 3. The molecule has 0 aliphatic heterocycles. The van der Waals surface area contributed by atoms with E-state index in [4.69, 9.17) is 15.0 Å². The third kappa shape index (κ3) is 5.40. The average Bonchev–Trinajstić information content (AvgIpc) is 3.22. The Labute approximate surface area is 199 Å². The number of hydrogen-bond donors (Lipinski definition) is 2. The summed E-state index contributed by atoms with van der Waals surface area (Å²) in [5.41, 5.74) is 5.54. The van der Waals surface area contributed by atoms with Crippen LogP contribution in [0.5, 0.6) is 0 Å². The minimum absolute atomic E-state index is 0.00786. The van der Waals surface area contributed by atoms with Gasteiger partial charge in [0, 0.05) is 12.8 Å². The summed E-state index contributed by atoms with van der Waals surface area (Å²) in [6, 6.07) is 19.0. The number of aromatic nitrogens is 3. The van der Waals surface area contributed by atoms with Crippen molar-refractivity contribution in [3.63, 3.8) is 0 Å². The fourth-order valence-corrected chi connectivity index (χ4v) is 5.56. The summed E-state index contributed by atoms with van der Waals surface area (Å²) in [5, 5.41) is 14.9. The third-order valence-electron chi connectivity index (χ3n) is 6.34. The molecule has 1 aliphatic carbocycles. The summed E-state index contributed by atoms with van der Waals surface area (Å²) in [5.74, 6) is 0.610. The molecule has 2 heterocycles. The van der Waals surface area contributed by atoms with Gasteiger partial charge in [0.15, 0.2) is 0 Å². The number of hydrogen-bond acceptors (Lipinski definition) is 6. The van der Waals surface area contributed by atoms with Crippen LogP contribution in [0.15, 0.2) is 54.6 Å². The molecule has 6 heteroatoms. The van der Waals surface area contributed by atoms with Crippen molar-refractivity contribution in [2.24, 2.45) is 0 Å². The molecule has 1 fully saturated rings. The average molecular weight is 459 g/mol. The van der Waals surface area contributed by atoms with Crippen molar-refractivity contribution in [1.29, 1.82) is 0 Å². The molecule has 170 valence electrons. The highest BCUT2D eigenvalue weighted by atomic mass is 32.1. The maximum atomic E-state index is 10.4. The van der Waals surface area contributed by atoms with Gasteiger partial charge in [-0.15, -0.1) is 11.3 Å². The van der Waals surface area contributed by atoms with E-state index in [0.717, 1.165) is 60.4 Å². The highest BCUT2D eigenvalue weighted by Crippen LogP contribution is 2.26. The van der Waals surface area contributed by atoms with Gasteiger partial charge < -0.3 is 10.4 Å². The van der Waals surface area contributed by atoms with Crippen LogP contribution in [0.3, 0.4) is 0 Å². The molecule has 2 aromatic heterocycles. The van der Waals surface area contributed by atoms with Crippen LogP contribution in [0.4, 0.5) is 5.95 Å². The van der Waals surface area contributed by atoms with Crippen LogP contribution < -0.4 is 5.32 Å². The summed E-state index contributed by atoms with van der Waals surface area (Å²) < 4.78 is 1.23. The van der Waals surface area contributed by atoms with Crippen LogP contribution in [-0.4, -0.2) is 32.2 Å². The van der Waals surface area contributed by atoms with Crippen molar-refractivity contribution >= 4 is 27.5 Å². The highest BCUT2D eigenvalue weighted by Gasteiger charge is 2.24. The Balaban J connectivity index is 1.43. The van der Waals surface area contributed by atoms with E-state index in [9.17, 15) is 5.11 Å². The van der Waals surface area contributed by atoms with E-state index in [1.807, 2.05) is 6.07 Å². The number of aryl methyl sites for hydroxylation is 1. The normalized spacial score (nSPS) is 18.5. The number of anilines is 1. The van der Waals surface area contributed by atoms with Crippen molar-refractivity contribution in [1.82, 2.24) is 15.0 Å². The lowest BCUT2D eigenvalue weighted by Gasteiger charge is -2.28. The van der Waals surface area contributed by atoms with Crippen molar-refractivity contribution in [2.75, 3.05) is 5.32 Å². The van der Waals surface area contributed by atoms with Crippen molar-refractivity contribution in [2.45, 2.75) is 64.0 Å². The molecular formula is C27H30N4OS. The Morgan fingerprint density at radius 3 is 2.48 bits per heavy atom. The van der Waals surface area contributed by atoms with Gasteiger partial charge in [0.05, 0.1) is 38.8 Å². The first kappa shape index (κ1) is 22.0. The lowest BCUT2D eigenvalue weighted by atomic mass is 9.93. The van der Waals surface area contributed by atoms with E-state index in [0.29, 0.717) is 12.4 Å². The van der Waals surface area contributed by atoms with Gasteiger partial charge in [-0.2, -0.15) is 0 Å². The molecule has 0 bridgehead atoms. The quantitative estimate of drug-likeness (QED) is 0.380. The van der Waals surface area contributed by atoms with Crippen LogP contribution in [0.1, 0.15) is 60.1 Å². The second-order valence-electron chi connectivity index (χ2n) is 8.88. The van der Waals surface area contributed by atoms with Gasteiger partial charge in [-0.3, -0.25) is 0 Å². The Bertz CT molecular complexity index is 1220. The first-order valence-corrected chi connectivity index (χ1v) is 12.7. The molecule has 5 rings (SSSR count). The first-order valence-electron chi connectivity index (χ1n) is 11.9. The van der Waals surface area contributed by atoms with Crippen LogP contribution in [0.25, 0.3) is 10.2 Å². The number of nitrogens with one attached hydrogen (secondary N) is 1. The largest absolute Gasteiger partial charge is 0.391 e. The van der Waals surface area contributed by atoms with Gasteiger partial charge in [-0.05, 0) is 48.6 Å². The zero-order valence-electron chi connectivity index (χ0n) is 19.0. The molecule has 2 aromatic carbocycles. The lowest BCUT2D eigenvalue weighted by Crippen LogP contribution is -2.37. The van der Waals surface area contributed by atoms with E-state index in [1.165, 1.54) is 15.8 Å². The van der Waals surface area contributed by atoms with E-state index in [2.05, 4.69) is 60.8 Å². The second kappa shape index (κ2) is 9.98. The Hall–Kier alpha value is -2.83. The second-order valence-corrected chi connectivity index (χ2v) is 9.99. The van der Waals surface area contributed by atoms with Gasteiger partial charge in [-0.1, -0.05) is 56.2 Å². The predicted molar refractivity (Wildman–Crippen MR) is 135 cm³/mol. The van der Waals surface area contributed by atoms with Gasteiger partial charge in [0.1, 0.15) is 0 Å². The molecule has 2 N–H and O–H groups in total. The minimum atomic E-state index is -0.347. The van der Waals surface area contributed by atoms with Crippen LogP contribution in [0.2, 0.25) is 0 Å². The number of rotatable bonds is 7. The summed E-state index contributed by atoms with van der Waals surface area (Å²) >= 11 is 1.74. The topological polar surface area (TPSA) is 70.9 Å². The molecule has 0 radical (unpaired) electrons. The Morgan fingerprint density at radius 2 is 1.70 bits per heavy atom. The summed E-state index contributed by atoms with van der Waals surface area (Å²) in [6.45, 7) is 2.18. The summed E-state index contributed by atoms with van der Waals surface area (Å²) in [4.78, 5) is 14.5. The molecule has 1 aliphatic rings. The van der Waals surface area contributed by atoms with E-state index in [1.54, 1.807) is 11.3 Å². The molecule has 0 unspecified atom stereocenters. The number of fused-ring (bicyclic) bond motifs is 1. The zero-order valence-corrected chi connectivity index (χ0v) is 19.8. The van der Waals surface area contributed by atoms with E-state index in [-0.39, 0.29) is 12.1 Å². The number of aliphatic hydroxyl groups is 1. The van der Waals surface area contributed by atoms with Crippen molar-refractivity contribution in [3.8, 4) is 0 Å². The molecule has 0 spiro atoms. The fourth-order valence-electron chi connectivity index (χ4n) is 4.52.